The van der Waals surface area contributed by atoms with E-state index in [1.807, 2.05) is 29.3 Å². The van der Waals surface area contributed by atoms with Crippen molar-refractivity contribution in [2.75, 3.05) is 36.8 Å². The number of carbonyl (C=O) groups excluding carboxylic acids is 1. The van der Waals surface area contributed by atoms with Crippen LogP contribution < -0.4 is 9.88 Å². The number of hydrogen-bond acceptors (Lipinski definition) is 7. The minimum Gasteiger partial charge on any atom is -0.508 e. The molecule has 1 aliphatic heterocycles. The number of aromatic nitrogens is 5. The highest BCUT2D eigenvalue weighted by atomic mass is 32.2. The topological polar surface area (TPSA) is 102 Å². The molecular formula is C18H20N7O2S+. The molecule has 144 valence electrons. The first-order valence-electron chi connectivity index (χ1n) is 8.91. The Kier molecular flexibility index (Phi) is 5.38. The van der Waals surface area contributed by atoms with Gasteiger partial charge in [0.1, 0.15) is 18.8 Å². The highest BCUT2D eigenvalue weighted by molar-refractivity contribution is 7.99. The van der Waals surface area contributed by atoms with Crippen LogP contribution in [0.15, 0.2) is 53.8 Å². The van der Waals surface area contributed by atoms with Gasteiger partial charge in [0.05, 0.1) is 30.7 Å². The van der Waals surface area contributed by atoms with Gasteiger partial charge in [-0.3, -0.25) is 9.69 Å². The highest BCUT2D eigenvalue weighted by Gasteiger charge is 2.26. The molecule has 0 radical (unpaired) electrons. The number of anilines is 1. The van der Waals surface area contributed by atoms with Gasteiger partial charge in [0.25, 0.3) is 5.82 Å². The third-order valence-electron chi connectivity index (χ3n) is 4.53. The summed E-state index contributed by atoms with van der Waals surface area (Å²) in [5.74, 6) is 1.59. The van der Waals surface area contributed by atoms with E-state index in [4.69, 9.17) is 0 Å². The summed E-state index contributed by atoms with van der Waals surface area (Å²) in [5, 5.41) is 21.6. The van der Waals surface area contributed by atoms with E-state index in [0.717, 1.165) is 24.6 Å². The number of hydrogen-bond donors (Lipinski definition) is 1. The number of phenolic OH excluding ortho intramolecular Hbond substituents is 1. The second kappa shape index (κ2) is 8.26. The fraction of sp³-hybridized carbons (Fsp3) is 0.278. The molecule has 28 heavy (non-hydrogen) atoms. The molecule has 2 aromatic heterocycles. The summed E-state index contributed by atoms with van der Waals surface area (Å²) in [6, 6.07) is 12.6. The molecule has 0 aliphatic carbocycles. The Hall–Kier alpha value is -3.14. The lowest BCUT2D eigenvalue weighted by Crippen LogP contribution is -2.50. The minimum absolute atomic E-state index is 0.0712. The first-order valence-corrected chi connectivity index (χ1v) is 9.89. The normalized spacial score (nSPS) is 14.3. The van der Waals surface area contributed by atoms with Crippen LogP contribution in [0.5, 0.6) is 5.75 Å². The zero-order valence-electron chi connectivity index (χ0n) is 15.1. The third kappa shape index (κ3) is 4.06. The molecule has 3 heterocycles. The Morgan fingerprint density at radius 2 is 1.89 bits per heavy atom. The smallest absolute Gasteiger partial charge is 0.274 e. The number of benzene rings is 1. The second-order valence-corrected chi connectivity index (χ2v) is 7.24. The molecule has 9 nitrogen and oxygen atoms in total. The van der Waals surface area contributed by atoms with Crippen LogP contribution in [-0.2, 0) is 4.79 Å². The van der Waals surface area contributed by atoms with Crippen molar-refractivity contribution in [2.24, 2.45) is 0 Å². The van der Waals surface area contributed by atoms with E-state index >= 15 is 0 Å². The lowest BCUT2D eigenvalue weighted by atomic mass is 10.3. The first-order chi connectivity index (χ1) is 13.7. The first kappa shape index (κ1) is 18.2. The Bertz CT molecular complexity index is 925. The number of aromatic hydroxyl groups is 1. The standard InChI is InChI=1S/C18H19N7O2S/c26-15-6-4-14(5-7-15)25-18(20-21-22-25)28-13-17(27)24-11-9-23(10-12-24)16-3-1-2-8-19-16/h1-8,26H,9-13H2/p+1. The number of aromatic amines is 1. The molecule has 1 aliphatic rings. The maximum Gasteiger partial charge on any atom is 0.274 e. The lowest BCUT2D eigenvalue weighted by molar-refractivity contribution is -0.364. The van der Waals surface area contributed by atoms with E-state index in [-0.39, 0.29) is 17.4 Å². The van der Waals surface area contributed by atoms with E-state index in [1.54, 1.807) is 28.9 Å². The highest BCUT2D eigenvalue weighted by Crippen LogP contribution is 2.20. The van der Waals surface area contributed by atoms with Gasteiger partial charge in [-0.1, -0.05) is 17.8 Å². The molecule has 2 N–H and O–H groups in total. The van der Waals surface area contributed by atoms with Crippen LogP contribution in [0, 0.1) is 0 Å². The van der Waals surface area contributed by atoms with E-state index in [1.165, 1.54) is 11.8 Å². The van der Waals surface area contributed by atoms with Gasteiger partial charge in [0.15, 0.2) is 0 Å². The van der Waals surface area contributed by atoms with Crippen molar-refractivity contribution >= 4 is 23.5 Å². The van der Waals surface area contributed by atoms with Gasteiger partial charge in [-0.2, -0.15) is 4.68 Å². The molecule has 0 unspecified atom stereocenters. The number of thioether (sulfide) groups is 1. The van der Waals surface area contributed by atoms with Gasteiger partial charge in [-0.15, -0.1) is 5.10 Å². The number of pyridine rings is 1. The summed E-state index contributed by atoms with van der Waals surface area (Å²) < 4.78 is 1.56. The Labute approximate surface area is 166 Å². The van der Waals surface area contributed by atoms with Crippen LogP contribution >= 0.6 is 11.8 Å². The molecule has 0 atom stereocenters. The van der Waals surface area contributed by atoms with Gasteiger partial charge < -0.3 is 10.0 Å². The third-order valence-corrected chi connectivity index (χ3v) is 5.43. The quantitative estimate of drug-likeness (QED) is 0.629. The number of tetrazole rings is 1. The number of H-pyrrole nitrogens is 1. The number of amides is 1. The van der Waals surface area contributed by atoms with Crippen LogP contribution in [0.3, 0.4) is 0 Å². The SMILES string of the molecule is O=C(CSc1nnnn1-c1ccc(O)cc1)N1CCN(c2cccc[nH+]2)CC1. The number of nitrogens with one attached hydrogen (secondary N) is 1. The summed E-state index contributed by atoms with van der Waals surface area (Å²) >= 11 is 1.31. The maximum absolute atomic E-state index is 12.6. The number of rotatable bonds is 5. The largest absolute Gasteiger partial charge is 0.508 e. The average molecular weight is 398 g/mol. The van der Waals surface area contributed by atoms with E-state index in [9.17, 15) is 9.90 Å². The van der Waals surface area contributed by atoms with Crippen LogP contribution in [-0.4, -0.2) is 68.1 Å². The molecule has 10 heteroatoms. The van der Waals surface area contributed by atoms with Crippen LogP contribution in [0.25, 0.3) is 5.69 Å². The Balaban J connectivity index is 1.32. The molecule has 0 spiro atoms. The summed E-state index contributed by atoms with van der Waals surface area (Å²) in [5.41, 5.74) is 0.727. The van der Waals surface area contributed by atoms with Crippen molar-refractivity contribution in [1.29, 1.82) is 0 Å². The zero-order valence-corrected chi connectivity index (χ0v) is 15.9. The van der Waals surface area contributed by atoms with Gasteiger partial charge >= 0.3 is 0 Å². The Morgan fingerprint density at radius 1 is 1.11 bits per heavy atom. The van der Waals surface area contributed by atoms with Crippen LogP contribution in [0.1, 0.15) is 0 Å². The molecule has 0 bridgehead atoms. The predicted molar refractivity (Wildman–Crippen MR) is 103 cm³/mol. The molecule has 1 amide bonds. The van der Waals surface area contributed by atoms with Crippen molar-refractivity contribution in [3.63, 3.8) is 0 Å². The summed E-state index contributed by atoms with van der Waals surface area (Å²) in [4.78, 5) is 19.9. The zero-order chi connectivity index (χ0) is 19.3. The number of phenols is 1. The molecular weight excluding hydrogens is 378 g/mol. The van der Waals surface area contributed by atoms with Crippen LogP contribution in [0.2, 0.25) is 0 Å². The molecule has 1 aromatic carbocycles. The Morgan fingerprint density at radius 3 is 2.61 bits per heavy atom. The van der Waals surface area contributed by atoms with Crippen molar-refractivity contribution in [3.05, 3.63) is 48.7 Å². The predicted octanol–water partition coefficient (Wildman–Crippen LogP) is 0.623. The molecule has 3 aromatic rings. The maximum atomic E-state index is 12.6. The van der Waals surface area contributed by atoms with Gasteiger partial charge in [0.2, 0.25) is 11.1 Å². The van der Waals surface area contributed by atoms with Crippen molar-refractivity contribution in [1.82, 2.24) is 25.1 Å². The molecule has 0 saturated carbocycles. The monoisotopic (exact) mass is 398 g/mol. The summed E-state index contributed by atoms with van der Waals surface area (Å²) in [6.07, 6.45) is 1.90. The van der Waals surface area contributed by atoms with Gasteiger partial charge in [0, 0.05) is 6.07 Å². The number of piperazine rings is 1. The number of carbonyl (C=O) groups is 1. The van der Waals surface area contributed by atoms with Crippen molar-refractivity contribution < 1.29 is 14.9 Å². The van der Waals surface area contributed by atoms with Gasteiger partial charge in [-0.05, 0) is 40.8 Å². The van der Waals surface area contributed by atoms with E-state index < -0.39 is 0 Å². The van der Waals surface area contributed by atoms with Crippen LogP contribution in [0.4, 0.5) is 5.82 Å². The molecule has 1 saturated heterocycles. The number of nitrogens with zero attached hydrogens (tertiary/aromatic N) is 6. The molecule has 4 rings (SSSR count). The fourth-order valence-electron chi connectivity index (χ4n) is 3.02. The lowest BCUT2D eigenvalue weighted by Gasteiger charge is -2.30. The van der Waals surface area contributed by atoms with E-state index in [0.29, 0.717) is 18.2 Å². The molecule has 1 fully saturated rings. The average Bonchev–Trinajstić information content (AvgIpc) is 3.22. The van der Waals surface area contributed by atoms with Crippen molar-refractivity contribution in [3.8, 4) is 11.4 Å². The fourth-order valence-corrected chi connectivity index (χ4v) is 3.81. The second-order valence-electron chi connectivity index (χ2n) is 6.29. The van der Waals surface area contributed by atoms with Crippen molar-refractivity contribution in [2.45, 2.75) is 5.16 Å². The summed E-state index contributed by atoms with van der Waals surface area (Å²) in [7, 11) is 0. The van der Waals surface area contributed by atoms with Gasteiger partial charge in [-0.25, -0.2) is 4.98 Å². The minimum atomic E-state index is 0.0712. The van der Waals surface area contributed by atoms with E-state index in [2.05, 4.69) is 25.4 Å². The summed E-state index contributed by atoms with van der Waals surface area (Å²) in [6.45, 7) is 2.96.